The average Bonchev–Trinajstić information content (AvgIpc) is 3.34. The number of ether oxygens (including phenoxy) is 2. The van der Waals surface area contributed by atoms with Gasteiger partial charge in [-0.1, -0.05) is 59.7 Å². The molecule has 0 radical (unpaired) electrons. The van der Waals surface area contributed by atoms with Crippen molar-refractivity contribution in [1.82, 2.24) is 20.5 Å². The number of aliphatic hydroxyl groups excluding tert-OH is 1. The van der Waals surface area contributed by atoms with Gasteiger partial charge in [0.2, 0.25) is 17.7 Å². The summed E-state index contributed by atoms with van der Waals surface area (Å²) in [6.45, 7) is 8.91. The molecule has 14 heteroatoms. The van der Waals surface area contributed by atoms with Crippen LogP contribution in [0.1, 0.15) is 59.4 Å². The quantitative estimate of drug-likeness (QED) is 0.213. The highest BCUT2D eigenvalue weighted by Crippen LogP contribution is 2.26. The first-order chi connectivity index (χ1) is 22.2. The Morgan fingerprint density at radius 2 is 1.81 bits per heavy atom. The van der Waals surface area contributed by atoms with E-state index in [1.54, 1.807) is 45.2 Å². The minimum absolute atomic E-state index is 0.0161. The zero-order chi connectivity index (χ0) is 34.3. The molecule has 3 amide bonds. The van der Waals surface area contributed by atoms with E-state index in [0.29, 0.717) is 28.6 Å². The van der Waals surface area contributed by atoms with Crippen LogP contribution in [0, 0.1) is 5.92 Å². The maximum atomic E-state index is 14.0. The maximum Gasteiger partial charge on any atom is 0.419 e. The van der Waals surface area contributed by atoms with Crippen LogP contribution in [-0.2, 0) is 35.1 Å². The van der Waals surface area contributed by atoms with Crippen LogP contribution >= 0.6 is 21.6 Å². The molecule has 3 heterocycles. The van der Waals surface area contributed by atoms with E-state index in [1.165, 1.54) is 26.2 Å². The molecular weight excluding hydrogens is 645 g/mol. The first-order valence-electron chi connectivity index (χ1n) is 15.7. The fourth-order valence-corrected chi connectivity index (χ4v) is 7.53. The fraction of sp³-hybridized carbons (Fsp3) is 0.545. The Hall–Kier alpha value is -3.49. The molecule has 2 aliphatic rings. The first-order valence-corrected chi connectivity index (χ1v) is 18.2. The lowest BCUT2D eigenvalue weighted by molar-refractivity contribution is -0.151. The topological polar surface area (TPSA) is 165 Å². The van der Waals surface area contributed by atoms with Crippen molar-refractivity contribution < 1.29 is 38.6 Å². The summed E-state index contributed by atoms with van der Waals surface area (Å²) in [6, 6.07) is 4.20. The van der Waals surface area contributed by atoms with Crippen molar-refractivity contribution in [2.24, 2.45) is 5.92 Å². The van der Waals surface area contributed by atoms with Gasteiger partial charge in [-0.2, -0.15) is 0 Å². The summed E-state index contributed by atoms with van der Waals surface area (Å²) in [5, 5.41) is 20.1. The summed E-state index contributed by atoms with van der Waals surface area (Å²) in [5.74, 6) is -1.74. The van der Waals surface area contributed by atoms with Gasteiger partial charge in [0.15, 0.2) is 0 Å². The molecule has 1 fully saturated rings. The molecule has 2 bridgehead atoms. The number of allylic oxidation sites excluding steroid dienone is 1. The van der Waals surface area contributed by atoms with Crippen LogP contribution < -0.4 is 16.0 Å². The number of hydrogen-bond acceptors (Lipinski definition) is 10. The lowest BCUT2D eigenvalue weighted by Gasteiger charge is -2.29. The molecule has 4 N–H and O–H groups in total. The Bertz CT molecular complexity index is 1500. The number of para-hydroxylation sites is 1. The Morgan fingerprint density at radius 1 is 1.06 bits per heavy atom. The number of nitrogens with one attached hydrogen (secondary N) is 3. The number of hydrogen-bond donors (Lipinski definition) is 4. The molecule has 2 aliphatic heterocycles. The van der Waals surface area contributed by atoms with Crippen LogP contribution in [0.4, 0.5) is 4.79 Å². The molecule has 4 rings (SSSR count). The number of aromatic nitrogens is 1. The van der Waals surface area contributed by atoms with Crippen LogP contribution in [-0.4, -0.2) is 86.9 Å². The second-order valence-corrected chi connectivity index (χ2v) is 15.6. The van der Waals surface area contributed by atoms with E-state index < -0.39 is 65.7 Å². The number of carbonyl (C=O) groups excluding carboxylic acids is 5. The number of carbonyl (C=O) groups is 5. The highest BCUT2D eigenvalue weighted by molar-refractivity contribution is 8.76. The summed E-state index contributed by atoms with van der Waals surface area (Å²) in [5.41, 5.74) is 0.423. The van der Waals surface area contributed by atoms with Crippen molar-refractivity contribution in [2.75, 3.05) is 11.5 Å². The van der Waals surface area contributed by atoms with Gasteiger partial charge in [0, 0.05) is 29.5 Å². The second kappa shape index (κ2) is 16.1. The Kier molecular flexibility index (Phi) is 12.4. The molecule has 0 saturated carbocycles. The third-order valence-corrected chi connectivity index (χ3v) is 10.1. The zero-order valence-electron chi connectivity index (χ0n) is 27.3. The SMILES string of the molecule is CC(C)[C@H]1NC(=O)[C@H]2CSSCC/C=C/[C@H](CC(=O)N[C@H](Cc3cn(C(=O)OC(C)(C)C)c4ccccc34)C(=O)N2)OC(=O)C[C@@H]1O. The average molecular weight is 689 g/mol. The van der Waals surface area contributed by atoms with E-state index in [2.05, 4.69) is 16.0 Å². The van der Waals surface area contributed by atoms with Gasteiger partial charge in [-0.25, -0.2) is 4.79 Å². The van der Waals surface area contributed by atoms with Crippen LogP contribution in [0.25, 0.3) is 10.9 Å². The molecular formula is C33H44N4O8S2. The molecule has 12 nitrogen and oxygen atoms in total. The molecule has 0 spiro atoms. The number of rotatable bonds is 3. The van der Waals surface area contributed by atoms with Gasteiger partial charge in [-0.3, -0.25) is 23.7 Å². The monoisotopic (exact) mass is 688 g/mol. The van der Waals surface area contributed by atoms with Crippen molar-refractivity contribution in [1.29, 1.82) is 0 Å². The number of nitrogens with zero attached hydrogens (tertiary/aromatic N) is 1. The Morgan fingerprint density at radius 3 is 2.53 bits per heavy atom. The summed E-state index contributed by atoms with van der Waals surface area (Å²) >= 11 is 0. The number of fused-ring (bicyclic) bond motifs is 8. The van der Waals surface area contributed by atoms with Crippen molar-refractivity contribution >= 4 is 62.3 Å². The van der Waals surface area contributed by atoms with Gasteiger partial charge >= 0.3 is 12.1 Å². The lowest BCUT2D eigenvalue weighted by atomic mass is 9.96. The van der Waals surface area contributed by atoms with E-state index in [1.807, 2.05) is 32.1 Å². The molecule has 256 valence electrons. The normalized spacial score (nSPS) is 26.2. The van der Waals surface area contributed by atoms with E-state index in [0.717, 1.165) is 0 Å². The minimum atomic E-state index is -1.25. The lowest BCUT2D eigenvalue weighted by Crippen LogP contribution is -2.58. The fourth-order valence-electron chi connectivity index (χ4n) is 5.37. The minimum Gasteiger partial charge on any atom is -0.457 e. The van der Waals surface area contributed by atoms with Crippen LogP contribution in [0.5, 0.6) is 0 Å². The molecule has 47 heavy (non-hydrogen) atoms. The van der Waals surface area contributed by atoms with Gasteiger partial charge in [-0.05, 0) is 50.8 Å². The highest BCUT2D eigenvalue weighted by Gasteiger charge is 2.34. The third-order valence-electron chi connectivity index (χ3n) is 7.62. The Labute approximate surface area is 282 Å². The van der Waals surface area contributed by atoms with Gasteiger partial charge < -0.3 is 30.5 Å². The van der Waals surface area contributed by atoms with E-state index >= 15 is 0 Å². The molecule has 1 aromatic carbocycles. The summed E-state index contributed by atoms with van der Waals surface area (Å²) in [6.07, 6.45) is 2.23. The summed E-state index contributed by atoms with van der Waals surface area (Å²) < 4.78 is 12.6. The molecule has 1 saturated heterocycles. The van der Waals surface area contributed by atoms with Crippen LogP contribution in [0.2, 0.25) is 0 Å². The number of aliphatic hydroxyl groups is 1. The van der Waals surface area contributed by atoms with E-state index in [9.17, 15) is 29.1 Å². The smallest absolute Gasteiger partial charge is 0.419 e. The molecule has 5 atom stereocenters. The van der Waals surface area contributed by atoms with Crippen molar-refractivity contribution in [2.45, 2.75) is 96.2 Å². The Balaban J connectivity index is 1.74. The molecule has 2 aromatic rings. The number of esters is 1. The van der Waals surface area contributed by atoms with Crippen molar-refractivity contribution in [3.05, 3.63) is 48.2 Å². The predicted octanol–water partition coefficient (Wildman–Crippen LogP) is 3.49. The van der Waals surface area contributed by atoms with E-state index in [-0.39, 0.29) is 30.9 Å². The summed E-state index contributed by atoms with van der Waals surface area (Å²) in [4.78, 5) is 67.1. The largest absolute Gasteiger partial charge is 0.457 e. The molecule has 1 aromatic heterocycles. The first kappa shape index (κ1) is 36.3. The van der Waals surface area contributed by atoms with Crippen molar-refractivity contribution in [3.8, 4) is 0 Å². The van der Waals surface area contributed by atoms with Crippen molar-refractivity contribution in [3.63, 3.8) is 0 Å². The maximum absolute atomic E-state index is 14.0. The van der Waals surface area contributed by atoms with E-state index in [4.69, 9.17) is 9.47 Å². The predicted molar refractivity (Wildman–Crippen MR) is 182 cm³/mol. The standard InChI is InChI=1S/C33H44N4O8S2/c1-19(2)29-26(38)16-28(40)44-21-10-8-9-13-46-47-18-24(31(42)36-29)35-30(41)23(34-27(39)15-21)14-20-17-37(32(43)45-33(3,4)5)25-12-7-6-11-22(20)25/h6-8,10-12,17,19,21,23-24,26,29,38H,9,13-16,18H2,1-5H3,(H,34,39)(H,35,41)(H,36,42)/b10-8+/t21-,23-,24-,26+,29-/m1/s1. The molecule has 0 unspecified atom stereocenters. The third kappa shape index (κ3) is 10.2. The number of amides is 3. The van der Waals surface area contributed by atoms with Gasteiger partial charge in [-0.15, -0.1) is 0 Å². The van der Waals surface area contributed by atoms with Crippen LogP contribution in [0.3, 0.4) is 0 Å². The number of benzene rings is 1. The van der Waals surface area contributed by atoms with Gasteiger partial charge in [0.05, 0.1) is 30.5 Å². The van der Waals surface area contributed by atoms with Gasteiger partial charge in [0.1, 0.15) is 23.8 Å². The zero-order valence-corrected chi connectivity index (χ0v) is 28.9. The second-order valence-electron chi connectivity index (χ2n) is 13.0. The highest BCUT2D eigenvalue weighted by atomic mass is 33.1. The van der Waals surface area contributed by atoms with Gasteiger partial charge in [0.25, 0.3) is 0 Å². The molecule has 0 aliphatic carbocycles. The van der Waals surface area contributed by atoms with Crippen LogP contribution in [0.15, 0.2) is 42.6 Å². The summed E-state index contributed by atoms with van der Waals surface area (Å²) in [7, 11) is 2.95.